The van der Waals surface area contributed by atoms with Crippen molar-refractivity contribution in [1.82, 2.24) is 4.72 Å². The van der Waals surface area contributed by atoms with E-state index in [1.807, 2.05) is 11.6 Å². The third-order valence-electron chi connectivity index (χ3n) is 2.48. The molecule has 3 N–H and O–H groups in total. The Morgan fingerprint density at radius 3 is 2.52 bits per heavy atom. The normalized spacial score (nSPS) is 11.2. The van der Waals surface area contributed by atoms with Gasteiger partial charge in [-0.05, 0) is 32.4 Å². The molecule has 0 fully saturated rings. The summed E-state index contributed by atoms with van der Waals surface area (Å²) in [6.45, 7) is 5.28. The van der Waals surface area contributed by atoms with Crippen LogP contribution in [0, 0.1) is 0 Å². The molecule has 0 aliphatic rings. The molecule has 0 saturated heterocycles. The molecule has 1 aromatic rings. The Hall–Kier alpha value is -1.96. The minimum atomic E-state index is -4.08. The summed E-state index contributed by atoms with van der Waals surface area (Å²) in [5.74, 6) is 0. The number of ether oxygens (including phenoxy) is 1. The summed E-state index contributed by atoms with van der Waals surface area (Å²) in [5, 5.41) is 0. The molecule has 1 amide bonds. The van der Waals surface area contributed by atoms with Crippen molar-refractivity contribution in [3.8, 4) is 0 Å². The van der Waals surface area contributed by atoms with Gasteiger partial charge in [0.25, 0.3) is 0 Å². The van der Waals surface area contributed by atoms with E-state index in [0.29, 0.717) is 17.8 Å². The van der Waals surface area contributed by atoms with Gasteiger partial charge in [0.1, 0.15) is 0 Å². The van der Waals surface area contributed by atoms with Gasteiger partial charge < -0.3 is 10.5 Å². The number of hydrogen-bond acceptors (Lipinski definition) is 5. The molecule has 118 valence electrons. The number of para-hydroxylation sites is 2. The van der Waals surface area contributed by atoms with Gasteiger partial charge in [-0.25, -0.2) is 9.52 Å². The Morgan fingerprint density at radius 2 is 2.00 bits per heavy atom. The average molecular weight is 315 g/mol. The molecule has 0 saturated carbocycles. The SMILES string of the molecule is CCCN(c1ccccc1N)S(=O)(=O)NC(=O)OC(C)C. The molecule has 21 heavy (non-hydrogen) atoms. The molecule has 0 unspecified atom stereocenters. The molecule has 0 spiro atoms. The van der Waals surface area contributed by atoms with E-state index in [2.05, 4.69) is 0 Å². The van der Waals surface area contributed by atoms with Gasteiger partial charge >= 0.3 is 16.3 Å². The molecular weight excluding hydrogens is 294 g/mol. The van der Waals surface area contributed by atoms with Gasteiger partial charge in [0.2, 0.25) is 0 Å². The van der Waals surface area contributed by atoms with Crippen LogP contribution in [0.15, 0.2) is 24.3 Å². The predicted octanol–water partition coefficient (Wildman–Crippen LogP) is 1.86. The summed E-state index contributed by atoms with van der Waals surface area (Å²) in [4.78, 5) is 11.5. The maximum Gasteiger partial charge on any atom is 0.422 e. The van der Waals surface area contributed by atoms with Crippen molar-refractivity contribution >= 4 is 27.7 Å². The number of nitrogen functional groups attached to an aromatic ring is 1. The monoisotopic (exact) mass is 315 g/mol. The van der Waals surface area contributed by atoms with E-state index in [4.69, 9.17) is 10.5 Å². The minimum Gasteiger partial charge on any atom is -0.446 e. The zero-order chi connectivity index (χ0) is 16.0. The highest BCUT2D eigenvalue weighted by molar-refractivity contribution is 7.91. The highest BCUT2D eigenvalue weighted by Crippen LogP contribution is 2.24. The first-order chi connectivity index (χ1) is 9.77. The maximum atomic E-state index is 12.3. The summed E-state index contributed by atoms with van der Waals surface area (Å²) in [7, 11) is -4.08. The largest absolute Gasteiger partial charge is 0.446 e. The fourth-order valence-corrected chi connectivity index (χ4v) is 2.90. The van der Waals surface area contributed by atoms with Gasteiger partial charge in [0, 0.05) is 6.54 Å². The fraction of sp³-hybridized carbons (Fsp3) is 0.462. The van der Waals surface area contributed by atoms with Crippen LogP contribution in [-0.2, 0) is 14.9 Å². The van der Waals surface area contributed by atoms with E-state index in [9.17, 15) is 13.2 Å². The minimum absolute atomic E-state index is 0.193. The molecule has 8 heteroatoms. The van der Waals surface area contributed by atoms with Crippen LogP contribution in [0.4, 0.5) is 16.2 Å². The predicted molar refractivity (Wildman–Crippen MR) is 82.2 cm³/mol. The lowest BCUT2D eigenvalue weighted by Crippen LogP contribution is -2.45. The lowest BCUT2D eigenvalue weighted by molar-refractivity contribution is 0.121. The van der Waals surface area contributed by atoms with E-state index < -0.39 is 22.4 Å². The van der Waals surface area contributed by atoms with E-state index in [1.54, 1.807) is 38.1 Å². The smallest absolute Gasteiger partial charge is 0.422 e. The van der Waals surface area contributed by atoms with Gasteiger partial charge in [-0.15, -0.1) is 0 Å². The van der Waals surface area contributed by atoms with Gasteiger partial charge in [-0.3, -0.25) is 4.31 Å². The number of amides is 1. The molecule has 0 aliphatic heterocycles. The molecular formula is C13H21N3O4S. The van der Waals surface area contributed by atoms with Crippen LogP contribution < -0.4 is 14.8 Å². The molecule has 0 atom stereocenters. The van der Waals surface area contributed by atoms with E-state index in [1.165, 1.54) is 0 Å². The van der Waals surface area contributed by atoms with E-state index in [0.717, 1.165) is 4.31 Å². The number of hydrogen-bond donors (Lipinski definition) is 2. The Kier molecular flexibility index (Phi) is 5.83. The summed E-state index contributed by atoms with van der Waals surface area (Å²) in [5.41, 5.74) is 6.45. The number of anilines is 2. The van der Waals surface area contributed by atoms with Gasteiger partial charge in [0.05, 0.1) is 17.5 Å². The Morgan fingerprint density at radius 1 is 1.38 bits per heavy atom. The van der Waals surface area contributed by atoms with Crippen LogP contribution >= 0.6 is 0 Å². The molecule has 0 heterocycles. The molecule has 0 aromatic heterocycles. The topological polar surface area (TPSA) is 102 Å². The second-order valence-electron chi connectivity index (χ2n) is 4.69. The van der Waals surface area contributed by atoms with Crippen LogP contribution in [0.5, 0.6) is 0 Å². The number of carbonyl (C=O) groups is 1. The van der Waals surface area contributed by atoms with Crippen LogP contribution in [0.2, 0.25) is 0 Å². The zero-order valence-corrected chi connectivity index (χ0v) is 13.2. The van der Waals surface area contributed by atoms with Crippen molar-refractivity contribution in [2.24, 2.45) is 0 Å². The summed E-state index contributed by atoms with van der Waals surface area (Å²) >= 11 is 0. The van der Waals surface area contributed by atoms with Crippen molar-refractivity contribution < 1.29 is 17.9 Å². The number of nitrogens with one attached hydrogen (secondary N) is 1. The zero-order valence-electron chi connectivity index (χ0n) is 12.4. The van der Waals surface area contributed by atoms with Crippen molar-refractivity contribution in [2.45, 2.75) is 33.3 Å². The summed E-state index contributed by atoms with van der Waals surface area (Å²) in [6, 6.07) is 6.56. The van der Waals surface area contributed by atoms with Crippen molar-refractivity contribution in [1.29, 1.82) is 0 Å². The van der Waals surface area contributed by atoms with Crippen LogP contribution in [0.25, 0.3) is 0 Å². The molecule has 1 rings (SSSR count). The molecule has 0 aliphatic carbocycles. The molecule has 0 radical (unpaired) electrons. The van der Waals surface area contributed by atoms with Gasteiger partial charge in [0.15, 0.2) is 0 Å². The highest BCUT2D eigenvalue weighted by atomic mass is 32.2. The number of benzene rings is 1. The standard InChI is InChI=1S/C13H21N3O4S/c1-4-9-16(12-8-6-5-7-11(12)14)21(18,19)15-13(17)20-10(2)3/h5-8,10H,4,9,14H2,1-3H3,(H,15,17). The van der Waals surface area contributed by atoms with Gasteiger partial charge in [-0.2, -0.15) is 8.42 Å². The van der Waals surface area contributed by atoms with Gasteiger partial charge in [-0.1, -0.05) is 19.1 Å². The fourth-order valence-electron chi connectivity index (χ4n) is 1.69. The second kappa shape index (κ2) is 7.16. The molecule has 1 aromatic carbocycles. The molecule has 0 bridgehead atoms. The lowest BCUT2D eigenvalue weighted by atomic mass is 10.2. The third-order valence-corrected chi connectivity index (χ3v) is 3.86. The van der Waals surface area contributed by atoms with Crippen molar-refractivity contribution in [2.75, 3.05) is 16.6 Å². The van der Waals surface area contributed by atoms with Crippen LogP contribution in [0.3, 0.4) is 0 Å². The highest BCUT2D eigenvalue weighted by Gasteiger charge is 2.26. The Balaban J connectivity index is 3.04. The second-order valence-corrected chi connectivity index (χ2v) is 6.29. The number of nitrogens with zero attached hydrogens (tertiary/aromatic N) is 1. The maximum absolute atomic E-state index is 12.3. The van der Waals surface area contributed by atoms with E-state index >= 15 is 0 Å². The first kappa shape index (κ1) is 17.1. The summed E-state index contributed by atoms with van der Waals surface area (Å²) < 4.78 is 32.4. The average Bonchev–Trinajstić information content (AvgIpc) is 2.35. The van der Waals surface area contributed by atoms with E-state index in [-0.39, 0.29) is 6.54 Å². The first-order valence-electron chi connectivity index (χ1n) is 6.63. The number of rotatable bonds is 6. The van der Waals surface area contributed by atoms with Crippen molar-refractivity contribution in [3.63, 3.8) is 0 Å². The van der Waals surface area contributed by atoms with Crippen LogP contribution in [-0.4, -0.2) is 27.2 Å². The van der Waals surface area contributed by atoms with Crippen molar-refractivity contribution in [3.05, 3.63) is 24.3 Å². The Bertz CT molecular complexity index is 587. The quantitative estimate of drug-likeness (QED) is 0.780. The summed E-state index contributed by atoms with van der Waals surface area (Å²) in [6.07, 6.45) is -0.865. The first-order valence-corrected chi connectivity index (χ1v) is 8.07. The molecule has 7 nitrogen and oxygen atoms in total. The lowest BCUT2D eigenvalue weighted by Gasteiger charge is -2.25. The number of carbonyl (C=O) groups excluding carboxylic acids is 1. The number of nitrogens with two attached hydrogens (primary N) is 1. The third kappa shape index (κ3) is 4.82. The Labute approximate surface area is 125 Å². The van der Waals surface area contributed by atoms with Crippen LogP contribution in [0.1, 0.15) is 27.2 Å².